The Hall–Kier alpha value is -1.82. The van der Waals surface area contributed by atoms with Crippen LogP contribution in [0.5, 0.6) is 0 Å². The number of thioether (sulfide) groups is 1. The minimum absolute atomic E-state index is 0.301. The van der Waals surface area contributed by atoms with Crippen molar-refractivity contribution in [2.45, 2.75) is 6.04 Å². The SMILES string of the molecule is O=C(O)C1CSCN1C(=O)/C=C/c1ccccc1F. The number of carbonyl (C=O) groups excluding carboxylic acids is 1. The molecule has 1 saturated heterocycles. The molecule has 1 fully saturated rings. The Bertz CT molecular complexity index is 532. The standard InChI is InChI=1S/C13H12FNO3S/c14-10-4-2-1-3-9(10)5-6-12(16)15-8-19-7-11(15)13(17)18/h1-6,11H,7-8H2,(H,17,18)/b6-5+. The summed E-state index contributed by atoms with van der Waals surface area (Å²) >= 11 is 1.39. The third-order valence-corrected chi connectivity index (χ3v) is 3.77. The molecule has 1 atom stereocenters. The molecule has 0 radical (unpaired) electrons. The predicted octanol–water partition coefficient (Wildman–Crippen LogP) is 1.82. The van der Waals surface area contributed by atoms with Crippen molar-refractivity contribution in [2.24, 2.45) is 0 Å². The molecular weight excluding hydrogens is 269 g/mol. The molecule has 0 aliphatic carbocycles. The van der Waals surface area contributed by atoms with Gasteiger partial charge in [0.15, 0.2) is 0 Å². The number of rotatable bonds is 3. The number of hydrogen-bond acceptors (Lipinski definition) is 3. The summed E-state index contributed by atoms with van der Waals surface area (Å²) in [6.07, 6.45) is 2.57. The van der Waals surface area contributed by atoms with Gasteiger partial charge in [-0.3, -0.25) is 4.79 Å². The summed E-state index contributed by atoms with van der Waals surface area (Å²) in [5.74, 6) is -1.12. The fraction of sp³-hybridized carbons (Fsp3) is 0.231. The van der Waals surface area contributed by atoms with Crippen molar-refractivity contribution >= 4 is 29.7 Å². The zero-order valence-corrected chi connectivity index (χ0v) is 10.8. The maximum atomic E-state index is 13.3. The molecule has 100 valence electrons. The van der Waals surface area contributed by atoms with Gasteiger partial charge in [-0.15, -0.1) is 11.8 Å². The van der Waals surface area contributed by atoms with Crippen LogP contribution in [0, 0.1) is 5.82 Å². The number of hydrogen-bond donors (Lipinski definition) is 1. The molecule has 0 saturated carbocycles. The van der Waals surface area contributed by atoms with Gasteiger partial charge in [-0.2, -0.15) is 0 Å². The van der Waals surface area contributed by atoms with E-state index in [0.717, 1.165) is 0 Å². The number of carboxylic acid groups (broad SMARTS) is 1. The lowest BCUT2D eigenvalue weighted by atomic mass is 10.2. The summed E-state index contributed by atoms with van der Waals surface area (Å²) in [7, 11) is 0. The van der Waals surface area contributed by atoms with Gasteiger partial charge >= 0.3 is 5.97 Å². The van der Waals surface area contributed by atoms with Gasteiger partial charge in [-0.1, -0.05) is 18.2 Å². The van der Waals surface area contributed by atoms with Gasteiger partial charge in [0.2, 0.25) is 5.91 Å². The Morgan fingerprint density at radius 2 is 2.16 bits per heavy atom. The minimum atomic E-state index is -1.02. The van der Waals surface area contributed by atoms with Crippen LogP contribution in [0.1, 0.15) is 5.56 Å². The molecule has 0 aromatic heterocycles. The summed E-state index contributed by atoms with van der Waals surface area (Å²) in [5, 5.41) is 8.97. The normalized spacial score (nSPS) is 19.0. The van der Waals surface area contributed by atoms with Crippen molar-refractivity contribution < 1.29 is 19.1 Å². The number of carbonyl (C=O) groups is 2. The quantitative estimate of drug-likeness (QED) is 0.859. The Kier molecular flexibility index (Phi) is 4.21. The van der Waals surface area contributed by atoms with Gasteiger partial charge in [-0.25, -0.2) is 9.18 Å². The topological polar surface area (TPSA) is 57.6 Å². The molecule has 4 nitrogen and oxygen atoms in total. The second-order valence-corrected chi connectivity index (χ2v) is 5.02. The van der Waals surface area contributed by atoms with Crippen LogP contribution in [-0.4, -0.2) is 39.6 Å². The van der Waals surface area contributed by atoms with Crippen LogP contribution in [0.2, 0.25) is 0 Å². The summed E-state index contributed by atoms with van der Waals surface area (Å²) in [6.45, 7) is 0. The van der Waals surface area contributed by atoms with E-state index in [-0.39, 0.29) is 0 Å². The maximum Gasteiger partial charge on any atom is 0.327 e. The van der Waals surface area contributed by atoms with Gasteiger partial charge in [0.1, 0.15) is 11.9 Å². The Labute approximate surface area is 113 Å². The van der Waals surface area contributed by atoms with Gasteiger partial charge in [0.05, 0.1) is 5.88 Å². The zero-order valence-electron chi connectivity index (χ0n) is 9.95. The largest absolute Gasteiger partial charge is 0.480 e. The molecule has 1 aliphatic heterocycles. The van der Waals surface area contributed by atoms with Crippen molar-refractivity contribution in [1.82, 2.24) is 4.90 Å². The fourth-order valence-electron chi connectivity index (χ4n) is 1.73. The van der Waals surface area contributed by atoms with Crippen molar-refractivity contribution in [2.75, 3.05) is 11.6 Å². The summed E-state index contributed by atoms with van der Waals surface area (Å²) < 4.78 is 13.3. The molecule has 1 aromatic rings. The highest BCUT2D eigenvalue weighted by Gasteiger charge is 2.33. The average Bonchev–Trinajstić information content (AvgIpc) is 2.87. The molecule has 1 heterocycles. The predicted molar refractivity (Wildman–Crippen MR) is 71.0 cm³/mol. The van der Waals surface area contributed by atoms with Crippen molar-refractivity contribution in [1.29, 1.82) is 0 Å². The van der Waals surface area contributed by atoms with E-state index in [4.69, 9.17) is 5.11 Å². The van der Waals surface area contributed by atoms with E-state index in [2.05, 4.69) is 0 Å². The average molecular weight is 281 g/mol. The highest BCUT2D eigenvalue weighted by molar-refractivity contribution is 7.99. The zero-order chi connectivity index (χ0) is 13.8. The van der Waals surface area contributed by atoms with Crippen LogP contribution < -0.4 is 0 Å². The molecule has 6 heteroatoms. The van der Waals surface area contributed by atoms with E-state index < -0.39 is 23.7 Å². The first-order chi connectivity index (χ1) is 9.09. The molecule has 0 spiro atoms. The van der Waals surface area contributed by atoms with Gasteiger partial charge in [0, 0.05) is 17.4 Å². The molecule has 1 aliphatic rings. The molecule has 0 bridgehead atoms. The third kappa shape index (κ3) is 3.14. The number of amides is 1. The highest BCUT2D eigenvalue weighted by Crippen LogP contribution is 2.21. The summed E-state index contributed by atoms with van der Waals surface area (Å²) in [4.78, 5) is 24.1. The van der Waals surface area contributed by atoms with E-state index in [1.54, 1.807) is 18.2 Å². The van der Waals surface area contributed by atoms with E-state index in [0.29, 0.717) is 17.2 Å². The van der Waals surface area contributed by atoms with E-state index in [1.165, 1.54) is 34.9 Å². The number of benzene rings is 1. The fourth-order valence-corrected chi connectivity index (χ4v) is 2.89. The summed E-state index contributed by atoms with van der Waals surface area (Å²) in [5.41, 5.74) is 0.301. The van der Waals surface area contributed by atoms with Gasteiger partial charge in [0.25, 0.3) is 0 Å². The molecule has 1 amide bonds. The van der Waals surface area contributed by atoms with Crippen LogP contribution >= 0.6 is 11.8 Å². The Balaban J connectivity index is 2.09. The minimum Gasteiger partial charge on any atom is -0.480 e. The first-order valence-corrected chi connectivity index (χ1v) is 6.79. The first kappa shape index (κ1) is 13.6. The monoisotopic (exact) mass is 281 g/mol. The lowest BCUT2D eigenvalue weighted by Crippen LogP contribution is -2.40. The second kappa shape index (κ2) is 5.88. The smallest absolute Gasteiger partial charge is 0.327 e. The highest BCUT2D eigenvalue weighted by atomic mass is 32.2. The van der Waals surface area contributed by atoms with E-state index in [1.807, 2.05) is 0 Å². The Morgan fingerprint density at radius 3 is 2.84 bits per heavy atom. The lowest BCUT2D eigenvalue weighted by molar-refractivity contribution is -0.146. The van der Waals surface area contributed by atoms with Crippen LogP contribution in [0.3, 0.4) is 0 Å². The number of halogens is 1. The van der Waals surface area contributed by atoms with Crippen molar-refractivity contribution in [3.8, 4) is 0 Å². The van der Waals surface area contributed by atoms with Crippen LogP contribution in [0.4, 0.5) is 4.39 Å². The van der Waals surface area contributed by atoms with Crippen LogP contribution in [0.15, 0.2) is 30.3 Å². The maximum absolute atomic E-state index is 13.3. The number of aliphatic carboxylic acids is 1. The number of carboxylic acids is 1. The van der Waals surface area contributed by atoms with Crippen molar-refractivity contribution in [3.05, 3.63) is 41.7 Å². The van der Waals surface area contributed by atoms with Crippen LogP contribution in [0.25, 0.3) is 6.08 Å². The molecule has 2 rings (SSSR count). The molecular formula is C13H12FNO3S. The lowest BCUT2D eigenvalue weighted by Gasteiger charge is -2.18. The third-order valence-electron chi connectivity index (χ3n) is 2.76. The van der Waals surface area contributed by atoms with E-state index in [9.17, 15) is 14.0 Å². The molecule has 1 unspecified atom stereocenters. The van der Waals surface area contributed by atoms with Crippen molar-refractivity contribution in [3.63, 3.8) is 0 Å². The summed E-state index contributed by atoms with van der Waals surface area (Å²) in [6, 6.07) is 5.27. The van der Waals surface area contributed by atoms with Gasteiger partial charge < -0.3 is 10.0 Å². The molecule has 19 heavy (non-hydrogen) atoms. The van der Waals surface area contributed by atoms with E-state index >= 15 is 0 Å². The number of nitrogens with zero attached hydrogens (tertiary/aromatic N) is 1. The Morgan fingerprint density at radius 1 is 1.42 bits per heavy atom. The molecule has 1 aromatic carbocycles. The first-order valence-electron chi connectivity index (χ1n) is 5.63. The molecule has 1 N–H and O–H groups in total. The van der Waals surface area contributed by atoms with Crippen LogP contribution in [-0.2, 0) is 9.59 Å². The second-order valence-electron chi connectivity index (χ2n) is 4.02. The van der Waals surface area contributed by atoms with Gasteiger partial charge in [-0.05, 0) is 12.1 Å².